The van der Waals surface area contributed by atoms with Gasteiger partial charge in [0.05, 0.1) is 6.61 Å². The first kappa shape index (κ1) is 12.1. The zero-order valence-electron chi connectivity index (χ0n) is 10.3. The predicted octanol–water partition coefficient (Wildman–Crippen LogP) is 0.344. The van der Waals surface area contributed by atoms with Gasteiger partial charge in [-0.05, 0) is 13.8 Å². The van der Waals surface area contributed by atoms with Gasteiger partial charge in [0, 0.05) is 26.0 Å². The third-order valence-electron chi connectivity index (χ3n) is 2.58. The van der Waals surface area contributed by atoms with E-state index < -0.39 is 5.79 Å². The van der Waals surface area contributed by atoms with Crippen molar-refractivity contribution in [2.75, 3.05) is 18.5 Å². The maximum absolute atomic E-state index is 11.7. The van der Waals surface area contributed by atoms with Gasteiger partial charge in [-0.25, -0.2) is 4.98 Å². The van der Waals surface area contributed by atoms with E-state index >= 15 is 0 Å². The molecule has 1 aliphatic rings. The van der Waals surface area contributed by atoms with Crippen LogP contribution >= 0.6 is 0 Å². The molecule has 2 rings (SSSR count). The van der Waals surface area contributed by atoms with E-state index in [0.29, 0.717) is 19.0 Å². The van der Waals surface area contributed by atoms with Crippen molar-refractivity contribution in [1.29, 1.82) is 0 Å². The van der Waals surface area contributed by atoms with Crippen LogP contribution in [0.3, 0.4) is 0 Å². The maximum Gasteiger partial charge on any atom is 0.293 e. The Morgan fingerprint density at radius 3 is 3.06 bits per heavy atom. The van der Waals surface area contributed by atoms with Crippen molar-refractivity contribution in [3.05, 3.63) is 22.7 Å². The minimum absolute atomic E-state index is 0.0586. The smallest absolute Gasteiger partial charge is 0.293 e. The van der Waals surface area contributed by atoms with E-state index in [1.807, 2.05) is 13.8 Å². The normalized spacial score (nSPS) is 22.6. The molecule has 2 heterocycles. The minimum Gasteiger partial charge on any atom is -0.363 e. The highest BCUT2D eigenvalue weighted by Crippen LogP contribution is 2.21. The van der Waals surface area contributed by atoms with Crippen LogP contribution in [0.1, 0.15) is 13.8 Å². The van der Waals surface area contributed by atoms with Crippen LogP contribution < -0.4 is 10.9 Å². The molecule has 1 aromatic rings. The quantitative estimate of drug-likeness (QED) is 0.824. The van der Waals surface area contributed by atoms with Crippen molar-refractivity contribution in [1.82, 2.24) is 9.55 Å². The van der Waals surface area contributed by atoms with Gasteiger partial charge in [0.2, 0.25) is 0 Å². The van der Waals surface area contributed by atoms with E-state index in [4.69, 9.17) is 9.47 Å². The predicted molar refractivity (Wildman–Crippen MR) is 62.9 cm³/mol. The Morgan fingerprint density at radius 2 is 2.41 bits per heavy atom. The molecule has 1 saturated heterocycles. The molecule has 6 heteroatoms. The molecule has 1 atom stereocenters. The topological polar surface area (TPSA) is 65.4 Å². The molecular weight excluding hydrogens is 222 g/mol. The number of hydrogen-bond donors (Lipinski definition) is 1. The number of nitrogens with zero attached hydrogens (tertiary/aromatic N) is 2. The molecule has 17 heavy (non-hydrogen) atoms. The summed E-state index contributed by atoms with van der Waals surface area (Å²) in [4.78, 5) is 15.7. The SMILES string of the molecule is Cn1ccnc(NCC2COC(C)(C)O2)c1=O. The van der Waals surface area contributed by atoms with Gasteiger partial charge in [-0.1, -0.05) is 0 Å². The Hall–Kier alpha value is -1.40. The molecular formula is C11H17N3O3. The van der Waals surface area contributed by atoms with Crippen LogP contribution in [0.15, 0.2) is 17.2 Å². The lowest BCUT2D eigenvalue weighted by molar-refractivity contribution is -0.136. The molecule has 0 bridgehead atoms. The van der Waals surface area contributed by atoms with Gasteiger partial charge in [-0.15, -0.1) is 0 Å². The van der Waals surface area contributed by atoms with Crippen molar-refractivity contribution < 1.29 is 9.47 Å². The van der Waals surface area contributed by atoms with Crippen molar-refractivity contribution >= 4 is 5.82 Å². The molecule has 94 valence electrons. The van der Waals surface area contributed by atoms with Crippen molar-refractivity contribution in [2.24, 2.45) is 7.05 Å². The number of nitrogens with one attached hydrogen (secondary N) is 1. The average Bonchev–Trinajstić information content (AvgIpc) is 2.61. The molecule has 1 N–H and O–H groups in total. The maximum atomic E-state index is 11.7. The molecule has 0 radical (unpaired) electrons. The second-order valence-electron chi connectivity index (χ2n) is 4.52. The van der Waals surface area contributed by atoms with Gasteiger partial charge in [0.15, 0.2) is 11.6 Å². The van der Waals surface area contributed by atoms with Gasteiger partial charge in [-0.3, -0.25) is 4.79 Å². The summed E-state index contributed by atoms with van der Waals surface area (Å²) in [6, 6.07) is 0. The highest BCUT2D eigenvalue weighted by atomic mass is 16.7. The van der Waals surface area contributed by atoms with Gasteiger partial charge < -0.3 is 19.4 Å². The highest BCUT2D eigenvalue weighted by Gasteiger charge is 2.32. The zero-order valence-corrected chi connectivity index (χ0v) is 10.3. The van der Waals surface area contributed by atoms with E-state index in [1.54, 1.807) is 19.4 Å². The highest BCUT2D eigenvalue weighted by molar-refractivity contribution is 5.30. The molecule has 1 aromatic heterocycles. The fraction of sp³-hybridized carbons (Fsp3) is 0.636. The van der Waals surface area contributed by atoms with E-state index in [1.165, 1.54) is 4.57 Å². The van der Waals surface area contributed by atoms with Crippen LogP contribution in [0.25, 0.3) is 0 Å². The molecule has 1 fully saturated rings. The number of rotatable bonds is 3. The van der Waals surface area contributed by atoms with E-state index in [0.717, 1.165) is 0 Å². The lowest BCUT2D eigenvalue weighted by atomic mass is 10.3. The van der Waals surface area contributed by atoms with Crippen molar-refractivity contribution in [3.8, 4) is 0 Å². The third-order valence-corrected chi connectivity index (χ3v) is 2.58. The summed E-state index contributed by atoms with van der Waals surface area (Å²) in [6.45, 7) is 4.77. The van der Waals surface area contributed by atoms with E-state index in [-0.39, 0.29) is 11.7 Å². The van der Waals surface area contributed by atoms with Gasteiger partial charge in [0.1, 0.15) is 6.10 Å². The molecule has 0 aliphatic carbocycles. The van der Waals surface area contributed by atoms with Crippen LogP contribution in [0.4, 0.5) is 5.82 Å². The largest absolute Gasteiger partial charge is 0.363 e. The zero-order chi connectivity index (χ0) is 12.5. The number of aromatic nitrogens is 2. The first-order chi connectivity index (χ1) is 7.98. The molecule has 1 unspecified atom stereocenters. The Kier molecular flexibility index (Phi) is 3.17. The Balaban J connectivity index is 1.95. The average molecular weight is 239 g/mol. The summed E-state index contributed by atoms with van der Waals surface area (Å²) in [5.41, 5.74) is -0.148. The Labute approximate surface area is 99.6 Å². The number of anilines is 1. The van der Waals surface area contributed by atoms with E-state index in [2.05, 4.69) is 10.3 Å². The molecule has 1 aliphatic heterocycles. The molecule has 0 amide bonds. The second-order valence-corrected chi connectivity index (χ2v) is 4.52. The lowest BCUT2D eigenvalue weighted by Crippen LogP contribution is -2.29. The fourth-order valence-electron chi connectivity index (χ4n) is 1.69. The van der Waals surface area contributed by atoms with Gasteiger partial charge in [-0.2, -0.15) is 0 Å². The Bertz CT molecular complexity index is 456. The molecule has 0 aromatic carbocycles. The van der Waals surface area contributed by atoms with Crippen LogP contribution in [-0.4, -0.2) is 34.6 Å². The van der Waals surface area contributed by atoms with Crippen LogP contribution in [0, 0.1) is 0 Å². The van der Waals surface area contributed by atoms with E-state index in [9.17, 15) is 4.79 Å². The first-order valence-corrected chi connectivity index (χ1v) is 5.55. The summed E-state index contributed by atoms with van der Waals surface area (Å²) in [6.07, 6.45) is 3.14. The second kappa shape index (κ2) is 4.46. The fourth-order valence-corrected chi connectivity index (χ4v) is 1.69. The van der Waals surface area contributed by atoms with Crippen molar-refractivity contribution in [3.63, 3.8) is 0 Å². The first-order valence-electron chi connectivity index (χ1n) is 5.55. The number of aryl methyl sites for hydroxylation is 1. The summed E-state index contributed by atoms with van der Waals surface area (Å²) < 4.78 is 12.5. The van der Waals surface area contributed by atoms with Crippen LogP contribution in [-0.2, 0) is 16.5 Å². The Morgan fingerprint density at radius 1 is 1.65 bits per heavy atom. The summed E-state index contributed by atoms with van der Waals surface area (Å²) in [7, 11) is 1.69. The standard InChI is InChI=1S/C11H17N3O3/c1-11(2)16-7-8(17-11)6-13-9-10(15)14(3)5-4-12-9/h4-5,8H,6-7H2,1-3H3,(H,12,13). The number of ether oxygens (including phenoxy) is 2. The molecule has 6 nitrogen and oxygen atoms in total. The molecule has 0 saturated carbocycles. The summed E-state index contributed by atoms with van der Waals surface area (Å²) in [5.74, 6) is -0.204. The van der Waals surface area contributed by atoms with Crippen LogP contribution in [0.5, 0.6) is 0 Å². The minimum atomic E-state index is -0.540. The van der Waals surface area contributed by atoms with Crippen LogP contribution in [0.2, 0.25) is 0 Å². The lowest BCUT2D eigenvalue weighted by Gasteiger charge is -2.17. The summed E-state index contributed by atoms with van der Waals surface area (Å²) >= 11 is 0. The molecule has 0 spiro atoms. The monoisotopic (exact) mass is 239 g/mol. The van der Waals surface area contributed by atoms with Gasteiger partial charge in [0.25, 0.3) is 5.56 Å². The third kappa shape index (κ3) is 2.83. The summed E-state index contributed by atoms with van der Waals surface area (Å²) in [5, 5.41) is 2.98. The number of hydrogen-bond acceptors (Lipinski definition) is 5. The van der Waals surface area contributed by atoms with Crippen molar-refractivity contribution in [2.45, 2.75) is 25.7 Å². The van der Waals surface area contributed by atoms with Gasteiger partial charge >= 0.3 is 0 Å².